The SMILES string of the molecule is C=C(N)c1cc(NC(=O)Cc2ccc(F)c(C(F)(F)F)c2)ncn1. The van der Waals surface area contributed by atoms with Crippen LogP contribution in [0.25, 0.3) is 5.70 Å². The summed E-state index contributed by atoms with van der Waals surface area (Å²) in [6.45, 7) is 3.49. The van der Waals surface area contributed by atoms with Crippen LogP contribution in [0.1, 0.15) is 16.8 Å². The van der Waals surface area contributed by atoms with Gasteiger partial charge in [-0.1, -0.05) is 12.6 Å². The molecule has 0 bridgehead atoms. The Hall–Kier alpha value is -2.97. The molecule has 0 radical (unpaired) electrons. The first-order chi connectivity index (χ1) is 11.2. The van der Waals surface area contributed by atoms with E-state index in [0.29, 0.717) is 17.8 Å². The van der Waals surface area contributed by atoms with Crippen molar-refractivity contribution in [1.82, 2.24) is 9.97 Å². The number of aromatic nitrogens is 2. The Bertz CT molecular complexity index is 789. The predicted molar refractivity (Wildman–Crippen MR) is 79.0 cm³/mol. The Morgan fingerprint density at radius 1 is 1.25 bits per heavy atom. The van der Waals surface area contributed by atoms with Gasteiger partial charge in [0, 0.05) is 6.07 Å². The third-order valence-electron chi connectivity index (χ3n) is 2.96. The quantitative estimate of drug-likeness (QED) is 0.839. The van der Waals surface area contributed by atoms with Gasteiger partial charge in [-0.15, -0.1) is 0 Å². The summed E-state index contributed by atoms with van der Waals surface area (Å²) in [6.07, 6.45) is -4.06. The van der Waals surface area contributed by atoms with Gasteiger partial charge in [-0.2, -0.15) is 13.2 Å². The Morgan fingerprint density at radius 3 is 2.58 bits per heavy atom. The number of hydrogen-bond donors (Lipinski definition) is 2. The lowest BCUT2D eigenvalue weighted by Crippen LogP contribution is -2.17. The molecule has 0 aliphatic carbocycles. The molecule has 1 aromatic carbocycles. The van der Waals surface area contributed by atoms with Crippen molar-refractivity contribution in [3.63, 3.8) is 0 Å². The maximum absolute atomic E-state index is 13.2. The van der Waals surface area contributed by atoms with E-state index >= 15 is 0 Å². The number of benzene rings is 1. The molecule has 1 aromatic heterocycles. The molecule has 0 aliphatic heterocycles. The molecule has 24 heavy (non-hydrogen) atoms. The highest BCUT2D eigenvalue weighted by Gasteiger charge is 2.34. The van der Waals surface area contributed by atoms with Gasteiger partial charge in [-0.3, -0.25) is 4.79 Å². The van der Waals surface area contributed by atoms with E-state index < -0.39 is 23.5 Å². The normalized spacial score (nSPS) is 11.2. The number of anilines is 1. The van der Waals surface area contributed by atoms with Crippen LogP contribution in [0, 0.1) is 5.82 Å². The van der Waals surface area contributed by atoms with Gasteiger partial charge in [-0.05, 0) is 17.7 Å². The molecule has 5 nitrogen and oxygen atoms in total. The number of halogens is 4. The second-order valence-corrected chi connectivity index (χ2v) is 4.85. The molecule has 2 aromatic rings. The van der Waals surface area contributed by atoms with E-state index in [0.717, 1.165) is 12.4 Å². The van der Waals surface area contributed by atoms with Crippen LogP contribution in [0.2, 0.25) is 0 Å². The molecule has 3 N–H and O–H groups in total. The van der Waals surface area contributed by atoms with E-state index in [1.165, 1.54) is 6.07 Å². The van der Waals surface area contributed by atoms with Crippen LogP contribution in [0.5, 0.6) is 0 Å². The number of carbonyl (C=O) groups is 1. The minimum atomic E-state index is -4.83. The second kappa shape index (κ2) is 6.65. The van der Waals surface area contributed by atoms with Crippen LogP contribution in [0.15, 0.2) is 37.2 Å². The summed E-state index contributed by atoms with van der Waals surface area (Å²) < 4.78 is 51.2. The zero-order chi connectivity index (χ0) is 17.9. The molecule has 1 amide bonds. The number of alkyl halides is 3. The zero-order valence-corrected chi connectivity index (χ0v) is 12.2. The molecular weight excluding hydrogens is 328 g/mol. The van der Waals surface area contributed by atoms with Gasteiger partial charge in [0.25, 0.3) is 0 Å². The third kappa shape index (κ3) is 4.28. The molecule has 0 spiro atoms. The molecular formula is C15H12F4N4O. The average Bonchev–Trinajstić information content (AvgIpc) is 2.48. The van der Waals surface area contributed by atoms with E-state index in [4.69, 9.17) is 5.73 Å². The van der Waals surface area contributed by atoms with Gasteiger partial charge in [0.1, 0.15) is 18.0 Å². The Morgan fingerprint density at radius 2 is 1.96 bits per heavy atom. The summed E-state index contributed by atoms with van der Waals surface area (Å²) in [7, 11) is 0. The highest BCUT2D eigenvalue weighted by atomic mass is 19.4. The van der Waals surface area contributed by atoms with E-state index in [1.54, 1.807) is 0 Å². The highest BCUT2D eigenvalue weighted by molar-refractivity contribution is 5.91. The van der Waals surface area contributed by atoms with Gasteiger partial charge >= 0.3 is 6.18 Å². The lowest BCUT2D eigenvalue weighted by atomic mass is 10.1. The van der Waals surface area contributed by atoms with E-state index in [2.05, 4.69) is 21.9 Å². The van der Waals surface area contributed by atoms with E-state index in [1.807, 2.05) is 0 Å². The van der Waals surface area contributed by atoms with Crippen LogP contribution in [0.3, 0.4) is 0 Å². The predicted octanol–water partition coefficient (Wildman–Crippen LogP) is 2.75. The molecule has 2 rings (SSSR count). The van der Waals surface area contributed by atoms with Gasteiger partial charge in [0.05, 0.1) is 23.4 Å². The lowest BCUT2D eigenvalue weighted by molar-refractivity contribution is -0.140. The van der Waals surface area contributed by atoms with Crippen LogP contribution in [-0.2, 0) is 17.4 Å². The van der Waals surface area contributed by atoms with Crippen molar-refractivity contribution in [2.75, 3.05) is 5.32 Å². The molecule has 0 atom stereocenters. The Kier molecular flexibility index (Phi) is 4.82. The van der Waals surface area contributed by atoms with Crippen molar-refractivity contribution in [3.05, 3.63) is 59.8 Å². The van der Waals surface area contributed by atoms with Crippen molar-refractivity contribution < 1.29 is 22.4 Å². The van der Waals surface area contributed by atoms with Crippen LogP contribution >= 0.6 is 0 Å². The fourth-order valence-electron chi connectivity index (χ4n) is 1.87. The van der Waals surface area contributed by atoms with Crippen LogP contribution in [0.4, 0.5) is 23.4 Å². The summed E-state index contributed by atoms with van der Waals surface area (Å²) in [6, 6.07) is 3.75. The van der Waals surface area contributed by atoms with Crippen LogP contribution in [-0.4, -0.2) is 15.9 Å². The number of nitrogens with one attached hydrogen (secondary N) is 1. The molecule has 0 unspecified atom stereocenters. The van der Waals surface area contributed by atoms with Gasteiger partial charge in [-0.25, -0.2) is 14.4 Å². The maximum atomic E-state index is 13.2. The number of nitrogens with two attached hydrogens (primary N) is 1. The monoisotopic (exact) mass is 340 g/mol. The Balaban J connectivity index is 2.13. The number of hydrogen-bond acceptors (Lipinski definition) is 4. The first-order valence-electron chi connectivity index (χ1n) is 6.59. The standard InChI is InChI=1S/C15H12F4N4O/c1-8(20)12-6-13(22-7-21-12)23-14(24)5-9-2-3-11(16)10(4-9)15(17,18)19/h2-4,6-7H,1,5,20H2,(H,21,22,23,24). The Labute approximate surface area is 134 Å². The van der Waals surface area contributed by atoms with Gasteiger partial charge in [0.2, 0.25) is 5.91 Å². The van der Waals surface area contributed by atoms with Crippen molar-refractivity contribution >= 4 is 17.4 Å². The number of carbonyl (C=O) groups excluding carboxylic acids is 1. The zero-order valence-electron chi connectivity index (χ0n) is 12.2. The van der Waals surface area contributed by atoms with Crippen molar-refractivity contribution in [2.45, 2.75) is 12.6 Å². The molecule has 1 heterocycles. The van der Waals surface area contributed by atoms with Crippen LogP contribution < -0.4 is 11.1 Å². The third-order valence-corrected chi connectivity index (χ3v) is 2.96. The molecule has 0 saturated heterocycles. The summed E-state index contributed by atoms with van der Waals surface area (Å²) >= 11 is 0. The second-order valence-electron chi connectivity index (χ2n) is 4.85. The highest BCUT2D eigenvalue weighted by Crippen LogP contribution is 2.32. The van der Waals surface area contributed by atoms with Crippen molar-refractivity contribution in [3.8, 4) is 0 Å². The summed E-state index contributed by atoms with van der Waals surface area (Å²) in [4.78, 5) is 19.5. The number of rotatable bonds is 4. The smallest absolute Gasteiger partial charge is 0.397 e. The van der Waals surface area contributed by atoms with Crippen molar-refractivity contribution in [2.24, 2.45) is 5.73 Å². The summed E-state index contributed by atoms with van der Waals surface area (Å²) in [5, 5.41) is 2.40. The first-order valence-corrected chi connectivity index (χ1v) is 6.59. The average molecular weight is 340 g/mol. The fourth-order valence-corrected chi connectivity index (χ4v) is 1.87. The molecule has 0 fully saturated rings. The minimum absolute atomic E-state index is 0.0127. The fraction of sp³-hybridized carbons (Fsp3) is 0.133. The topological polar surface area (TPSA) is 80.9 Å². The molecule has 0 aliphatic rings. The van der Waals surface area contributed by atoms with E-state index in [-0.39, 0.29) is 23.5 Å². The summed E-state index contributed by atoms with van der Waals surface area (Å²) in [5.41, 5.74) is 4.54. The molecule has 126 valence electrons. The number of amides is 1. The minimum Gasteiger partial charge on any atom is -0.397 e. The van der Waals surface area contributed by atoms with E-state index in [9.17, 15) is 22.4 Å². The van der Waals surface area contributed by atoms with Gasteiger partial charge < -0.3 is 11.1 Å². The van der Waals surface area contributed by atoms with Crippen molar-refractivity contribution in [1.29, 1.82) is 0 Å². The largest absolute Gasteiger partial charge is 0.419 e. The molecule has 9 heteroatoms. The first kappa shape index (κ1) is 17.4. The lowest BCUT2D eigenvalue weighted by Gasteiger charge is -2.10. The number of nitrogens with zero attached hydrogens (tertiary/aromatic N) is 2. The van der Waals surface area contributed by atoms with Gasteiger partial charge in [0.15, 0.2) is 0 Å². The molecule has 0 saturated carbocycles. The summed E-state index contributed by atoms with van der Waals surface area (Å²) in [5.74, 6) is -1.90. The maximum Gasteiger partial charge on any atom is 0.419 e.